The molecular weight excluding hydrogens is 422 g/mol. The minimum Gasteiger partial charge on any atom is -0.497 e. The van der Waals surface area contributed by atoms with E-state index in [0.717, 1.165) is 27.9 Å². The Bertz CT molecular complexity index is 1160. The number of benzene rings is 2. The Labute approximate surface area is 182 Å². The van der Waals surface area contributed by atoms with Crippen molar-refractivity contribution in [3.05, 3.63) is 72.1 Å². The topological polar surface area (TPSA) is 78.9 Å². The lowest BCUT2D eigenvalue weighted by molar-refractivity contribution is 0.391. The molecule has 0 saturated heterocycles. The smallest absolute Gasteiger partial charge is 0.237 e. The van der Waals surface area contributed by atoms with Crippen molar-refractivity contribution in [2.75, 3.05) is 7.11 Å². The minimum absolute atomic E-state index is 0.465. The highest BCUT2D eigenvalue weighted by Gasteiger charge is 2.16. The number of halogens is 1. The molecule has 9 heteroatoms. The normalized spacial score (nSPS) is 10.9. The lowest BCUT2D eigenvalue weighted by Crippen LogP contribution is -2.00. The summed E-state index contributed by atoms with van der Waals surface area (Å²) in [5, 5.41) is 14.1. The summed E-state index contributed by atoms with van der Waals surface area (Å²) in [6, 6.07) is 15.0. The van der Waals surface area contributed by atoms with E-state index >= 15 is 0 Å². The standard InChI is InChI=1S/C21H18ClN5O2S/c1-3-11-27-20(14-7-9-16(22)10-8-14)24-25-21(27)30-13-18-23-19(26-29-18)15-5-4-6-17(12-15)28-2/h3-10,12H,1,11,13H2,2H3. The first kappa shape index (κ1) is 20.2. The fourth-order valence-electron chi connectivity index (χ4n) is 2.82. The van der Waals surface area contributed by atoms with Crippen LogP contribution in [0.1, 0.15) is 5.89 Å². The van der Waals surface area contributed by atoms with E-state index in [1.54, 1.807) is 13.2 Å². The van der Waals surface area contributed by atoms with E-state index < -0.39 is 0 Å². The molecule has 152 valence electrons. The van der Waals surface area contributed by atoms with Crippen LogP contribution in [0.25, 0.3) is 22.8 Å². The van der Waals surface area contributed by atoms with Crippen LogP contribution in [0, 0.1) is 0 Å². The van der Waals surface area contributed by atoms with Crippen molar-refractivity contribution < 1.29 is 9.26 Å². The van der Waals surface area contributed by atoms with Crippen molar-refractivity contribution in [3.8, 4) is 28.5 Å². The summed E-state index contributed by atoms with van der Waals surface area (Å²) in [7, 11) is 1.62. The molecule has 0 unspecified atom stereocenters. The molecule has 2 heterocycles. The van der Waals surface area contributed by atoms with Crippen LogP contribution < -0.4 is 4.74 Å². The Morgan fingerprint density at radius 2 is 2.00 bits per heavy atom. The number of aromatic nitrogens is 5. The molecule has 0 aliphatic rings. The van der Waals surface area contributed by atoms with Crippen LogP contribution in [0.3, 0.4) is 0 Å². The first-order valence-corrected chi connectivity index (χ1v) is 10.4. The summed E-state index contributed by atoms with van der Waals surface area (Å²) in [5.74, 6) is 2.96. The van der Waals surface area contributed by atoms with E-state index in [2.05, 4.69) is 26.9 Å². The Hall–Kier alpha value is -3.10. The van der Waals surface area contributed by atoms with Gasteiger partial charge in [0.05, 0.1) is 12.9 Å². The van der Waals surface area contributed by atoms with Crippen molar-refractivity contribution in [2.24, 2.45) is 0 Å². The Kier molecular flexibility index (Phi) is 6.15. The average molecular weight is 440 g/mol. The van der Waals surface area contributed by atoms with Crippen molar-refractivity contribution in [1.29, 1.82) is 0 Å². The summed E-state index contributed by atoms with van der Waals surface area (Å²) in [5.41, 5.74) is 1.76. The third-order valence-corrected chi connectivity index (χ3v) is 5.46. The molecule has 0 bridgehead atoms. The summed E-state index contributed by atoms with van der Waals surface area (Å²) in [6.45, 7) is 4.41. The van der Waals surface area contributed by atoms with Crippen LogP contribution in [-0.2, 0) is 12.3 Å². The molecule has 0 N–H and O–H groups in total. The monoisotopic (exact) mass is 439 g/mol. The molecule has 30 heavy (non-hydrogen) atoms. The molecule has 4 aromatic rings. The van der Waals surface area contributed by atoms with Crippen LogP contribution in [0.4, 0.5) is 0 Å². The predicted octanol–water partition coefficient (Wildman–Crippen LogP) is 5.14. The number of nitrogens with zero attached hydrogens (tertiary/aromatic N) is 5. The third kappa shape index (κ3) is 4.39. The summed E-state index contributed by atoms with van der Waals surface area (Å²) in [4.78, 5) is 4.47. The van der Waals surface area contributed by atoms with Gasteiger partial charge in [0.15, 0.2) is 11.0 Å². The largest absolute Gasteiger partial charge is 0.497 e. The second-order valence-electron chi connectivity index (χ2n) is 6.24. The molecule has 0 saturated carbocycles. The Morgan fingerprint density at radius 3 is 2.77 bits per heavy atom. The molecule has 4 rings (SSSR count). The molecule has 0 amide bonds. The van der Waals surface area contributed by atoms with Gasteiger partial charge in [0.2, 0.25) is 11.7 Å². The van der Waals surface area contributed by atoms with Crippen molar-refractivity contribution >= 4 is 23.4 Å². The molecule has 0 aliphatic heterocycles. The zero-order valence-corrected chi connectivity index (χ0v) is 17.7. The van der Waals surface area contributed by atoms with Gasteiger partial charge < -0.3 is 9.26 Å². The Balaban J connectivity index is 1.52. The first-order chi connectivity index (χ1) is 14.7. The van der Waals surface area contributed by atoms with Gasteiger partial charge in [-0.25, -0.2) is 0 Å². The molecule has 0 radical (unpaired) electrons. The summed E-state index contributed by atoms with van der Waals surface area (Å²) in [6.07, 6.45) is 1.81. The van der Waals surface area contributed by atoms with Gasteiger partial charge >= 0.3 is 0 Å². The second kappa shape index (κ2) is 9.15. The number of hydrogen-bond donors (Lipinski definition) is 0. The van der Waals surface area contributed by atoms with Gasteiger partial charge in [0.25, 0.3) is 0 Å². The number of allylic oxidation sites excluding steroid dienone is 1. The zero-order chi connectivity index (χ0) is 20.9. The van der Waals surface area contributed by atoms with Gasteiger partial charge in [-0.15, -0.1) is 16.8 Å². The van der Waals surface area contributed by atoms with Crippen molar-refractivity contribution in [3.63, 3.8) is 0 Å². The molecule has 7 nitrogen and oxygen atoms in total. The lowest BCUT2D eigenvalue weighted by Gasteiger charge is -2.07. The van der Waals surface area contributed by atoms with Gasteiger partial charge in [0, 0.05) is 22.7 Å². The van der Waals surface area contributed by atoms with Gasteiger partial charge in [-0.05, 0) is 36.4 Å². The van der Waals surface area contributed by atoms with E-state index in [9.17, 15) is 0 Å². The van der Waals surface area contributed by atoms with E-state index in [-0.39, 0.29) is 0 Å². The maximum Gasteiger partial charge on any atom is 0.237 e. The maximum absolute atomic E-state index is 5.99. The van der Waals surface area contributed by atoms with E-state index in [1.807, 2.05) is 53.1 Å². The van der Waals surface area contributed by atoms with Crippen LogP contribution in [0.5, 0.6) is 5.75 Å². The zero-order valence-electron chi connectivity index (χ0n) is 16.2. The number of methoxy groups -OCH3 is 1. The molecular formula is C21H18ClN5O2S. The van der Waals surface area contributed by atoms with E-state index in [0.29, 0.717) is 29.0 Å². The molecule has 2 aromatic carbocycles. The van der Waals surface area contributed by atoms with E-state index in [1.165, 1.54) is 11.8 Å². The third-order valence-electron chi connectivity index (χ3n) is 4.25. The van der Waals surface area contributed by atoms with Crippen LogP contribution >= 0.6 is 23.4 Å². The highest BCUT2D eigenvalue weighted by Crippen LogP contribution is 2.28. The Morgan fingerprint density at radius 1 is 1.17 bits per heavy atom. The number of thioether (sulfide) groups is 1. The van der Waals surface area contributed by atoms with Crippen molar-refractivity contribution in [1.82, 2.24) is 24.9 Å². The van der Waals surface area contributed by atoms with Gasteiger partial charge in [0.1, 0.15) is 5.75 Å². The van der Waals surface area contributed by atoms with Crippen LogP contribution in [-0.4, -0.2) is 32.0 Å². The highest BCUT2D eigenvalue weighted by atomic mass is 35.5. The van der Waals surface area contributed by atoms with Crippen LogP contribution in [0.15, 0.2) is 70.9 Å². The molecule has 0 spiro atoms. The fourth-order valence-corrected chi connectivity index (χ4v) is 3.73. The maximum atomic E-state index is 5.99. The lowest BCUT2D eigenvalue weighted by atomic mass is 10.2. The summed E-state index contributed by atoms with van der Waals surface area (Å²) < 4.78 is 12.6. The molecule has 0 atom stereocenters. The highest BCUT2D eigenvalue weighted by molar-refractivity contribution is 7.98. The van der Waals surface area contributed by atoms with Crippen molar-refractivity contribution in [2.45, 2.75) is 17.5 Å². The quantitative estimate of drug-likeness (QED) is 0.278. The van der Waals surface area contributed by atoms with Gasteiger partial charge in [-0.3, -0.25) is 4.57 Å². The molecule has 0 fully saturated rings. The number of ether oxygens (including phenoxy) is 1. The second-order valence-corrected chi connectivity index (χ2v) is 7.62. The number of hydrogen-bond acceptors (Lipinski definition) is 7. The van der Waals surface area contributed by atoms with Crippen LogP contribution in [0.2, 0.25) is 5.02 Å². The van der Waals surface area contributed by atoms with Gasteiger partial charge in [-0.2, -0.15) is 4.98 Å². The SMILES string of the molecule is C=CCn1c(SCc2nc(-c3cccc(OC)c3)no2)nnc1-c1ccc(Cl)cc1. The molecule has 0 aliphatic carbocycles. The first-order valence-electron chi connectivity index (χ1n) is 9.08. The number of rotatable bonds is 8. The fraction of sp³-hybridized carbons (Fsp3) is 0.143. The average Bonchev–Trinajstić information content (AvgIpc) is 3.41. The predicted molar refractivity (Wildman–Crippen MR) is 117 cm³/mol. The summed E-state index contributed by atoms with van der Waals surface area (Å²) >= 11 is 7.46. The molecule has 2 aromatic heterocycles. The minimum atomic E-state index is 0.465. The van der Waals surface area contributed by atoms with E-state index in [4.69, 9.17) is 20.9 Å². The van der Waals surface area contributed by atoms with Gasteiger partial charge in [-0.1, -0.05) is 46.7 Å².